The number of nitriles is 1. The standard InChI is InChI=1S/C12H13N5O2/c13-6-12(4-3-8(5-18)19-12)10-2-1-9-11(14)15-7-16-17(9)10/h1-2,7-8,18H,3-5H2,(H2,14,15,16)/t8-,12-/m0/s1. The van der Waals surface area contributed by atoms with Gasteiger partial charge in [0, 0.05) is 0 Å². The molecule has 2 atom stereocenters. The minimum atomic E-state index is -1.08. The predicted octanol–water partition coefficient (Wildman–Crippen LogP) is 0.202. The Hall–Kier alpha value is -2.17. The van der Waals surface area contributed by atoms with Gasteiger partial charge in [-0.15, -0.1) is 0 Å². The van der Waals surface area contributed by atoms with Gasteiger partial charge in [0.1, 0.15) is 17.9 Å². The first-order chi connectivity index (χ1) is 9.20. The highest BCUT2D eigenvalue weighted by Crippen LogP contribution is 2.39. The molecule has 2 aromatic rings. The van der Waals surface area contributed by atoms with E-state index in [1.165, 1.54) is 6.33 Å². The summed E-state index contributed by atoms with van der Waals surface area (Å²) in [5, 5.41) is 22.8. The van der Waals surface area contributed by atoms with Gasteiger partial charge in [-0.05, 0) is 25.0 Å². The van der Waals surface area contributed by atoms with E-state index in [2.05, 4.69) is 16.2 Å². The average Bonchev–Trinajstić information content (AvgIpc) is 3.03. The number of nitrogen functional groups attached to an aromatic ring is 1. The summed E-state index contributed by atoms with van der Waals surface area (Å²) in [7, 11) is 0. The van der Waals surface area contributed by atoms with Gasteiger partial charge >= 0.3 is 0 Å². The molecule has 0 aromatic carbocycles. The van der Waals surface area contributed by atoms with Crippen molar-refractivity contribution < 1.29 is 9.84 Å². The third kappa shape index (κ3) is 1.65. The summed E-state index contributed by atoms with van der Waals surface area (Å²) in [6.45, 7) is -0.0934. The van der Waals surface area contributed by atoms with Crippen LogP contribution in [0.15, 0.2) is 18.5 Å². The summed E-state index contributed by atoms with van der Waals surface area (Å²) >= 11 is 0. The molecule has 0 spiro atoms. The fraction of sp³-hybridized carbons (Fsp3) is 0.417. The van der Waals surface area contributed by atoms with Gasteiger partial charge in [0.2, 0.25) is 0 Å². The number of fused-ring (bicyclic) bond motifs is 1. The van der Waals surface area contributed by atoms with Gasteiger partial charge in [-0.3, -0.25) is 0 Å². The van der Waals surface area contributed by atoms with Gasteiger partial charge in [0.05, 0.1) is 18.4 Å². The van der Waals surface area contributed by atoms with Crippen LogP contribution in [0.2, 0.25) is 0 Å². The largest absolute Gasteiger partial charge is 0.394 e. The Labute approximate surface area is 109 Å². The molecule has 19 heavy (non-hydrogen) atoms. The van der Waals surface area contributed by atoms with Crippen molar-refractivity contribution in [1.82, 2.24) is 14.6 Å². The molecule has 0 saturated carbocycles. The average molecular weight is 259 g/mol. The normalized spacial score (nSPS) is 26.6. The molecule has 7 nitrogen and oxygen atoms in total. The van der Waals surface area contributed by atoms with Gasteiger partial charge in [-0.2, -0.15) is 10.4 Å². The van der Waals surface area contributed by atoms with Crippen molar-refractivity contribution in [3.05, 3.63) is 24.2 Å². The highest BCUT2D eigenvalue weighted by molar-refractivity contribution is 5.65. The Morgan fingerprint density at radius 3 is 3.16 bits per heavy atom. The lowest BCUT2D eigenvalue weighted by molar-refractivity contribution is -0.0324. The van der Waals surface area contributed by atoms with Gasteiger partial charge < -0.3 is 15.6 Å². The first-order valence-electron chi connectivity index (χ1n) is 5.99. The minimum absolute atomic E-state index is 0.0934. The van der Waals surface area contributed by atoms with Crippen LogP contribution in [0.3, 0.4) is 0 Å². The third-order valence-corrected chi connectivity index (χ3v) is 3.47. The Morgan fingerprint density at radius 2 is 2.47 bits per heavy atom. The molecule has 0 radical (unpaired) electrons. The van der Waals surface area contributed by atoms with E-state index >= 15 is 0 Å². The second-order valence-electron chi connectivity index (χ2n) is 4.56. The second-order valence-corrected chi connectivity index (χ2v) is 4.56. The molecule has 98 valence electrons. The number of ether oxygens (including phenoxy) is 1. The molecule has 0 unspecified atom stereocenters. The summed E-state index contributed by atoms with van der Waals surface area (Å²) in [4.78, 5) is 3.91. The monoisotopic (exact) mass is 259 g/mol. The van der Waals surface area contributed by atoms with E-state index in [1.54, 1.807) is 16.6 Å². The summed E-state index contributed by atoms with van der Waals surface area (Å²) in [6, 6.07) is 5.73. The molecule has 7 heteroatoms. The van der Waals surface area contributed by atoms with Crippen molar-refractivity contribution in [3.8, 4) is 6.07 Å². The first kappa shape index (κ1) is 11.9. The van der Waals surface area contributed by atoms with Crippen LogP contribution in [-0.2, 0) is 10.3 Å². The van der Waals surface area contributed by atoms with E-state index in [0.29, 0.717) is 29.9 Å². The molecule has 0 bridgehead atoms. The van der Waals surface area contributed by atoms with Crippen LogP contribution in [0.25, 0.3) is 5.52 Å². The molecular formula is C12H13N5O2. The van der Waals surface area contributed by atoms with Crippen molar-refractivity contribution in [2.75, 3.05) is 12.3 Å². The molecular weight excluding hydrogens is 246 g/mol. The van der Waals surface area contributed by atoms with Crippen LogP contribution in [0.5, 0.6) is 0 Å². The minimum Gasteiger partial charge on any atom is -0.394 e. The van der Waals surface area contributed by atoms with Gasteiger partial charge in [-0.25, -0.2) is 9.50 Å². The van der Waals surface area contributed by atoms with Crippen LogP contribution >= 0.6 is 0 Å². The van der Waals surface area contributed by atoms with E-state index in [-0.39, 0.29) is 12.7 Å². The zero-order chi connectivity index (χ0) is 13.5. The molecule has 1 aliphatic heterocycles. The topological polar surface area (TPSA) is 109 Å². The van der Waals surface area contributed by atoms with Crippen LogP contribution in [0.4, 0.5) is 5.82 Å². The Balaban J connectivity index is 2.14. The summed E-state index contributed by atoms with van der Waals surface area (Å²) in [5.41, 5.74) is 5.95. The SMILES string of the molecule is N#C[C@]1(c2ccc3c(N)ncnn23)CC[C@@H](CO)O1. The summed E-state index contributed by atoms with van der Waals surface area (Å²) in [6.07, 6.45) is 2.18. The summed E-state index contributed by atoms with van der Waals surface area (Å²) in [5.74, 6) is 0.353. The van der Waals surface area contributed by atoms with E-state index in [4.69, 9.17) is 15.6 Å². The van der Waals surface area contributed by atoms with Crippen molar-refractivity contribution in [1.29, 1.82) is 5.26 Å². The molecule has 2 aromatic heterocycles. The molecule has 1 fully saturated rings. The van der Waals surface area contributed by atoms with E-state index in [9.17, 15) is 5.26 Å². The lowest BCUT2D eigenvalue weighted by Crippen LogP contribution is -2.27. The zero-order valence-corrected chi connectivity index (χ0v) is 10.2. The quantitative estimate of drug-likeness (QED) is 0.797. The lowest BCUT2D eigenvalue weighted by Gasteiger charge is -2.21. The fourth-order valence-electron chi connectivity index (χ4n) is 2.48. The molecule has 0 amide bonds. The Kier molecular flexibility index (Phi) is 2.62. The van der Waals surface area contributed by atoms with E-state index in [1.807, 2.05) is 0 Å². The first-order valence-corrected chi connectivity index (χ1v) is 5.99. The Bertz CT molecular complexity index is 662. The number of anilines is 1. The number of hydrogen-bond donors (Lipinski definition) is 2. The molecule has 3 heterocycles. The molecule has 1 aliphatic rings. The highest BCUT2D eigenvalue weighted by Gasteiger charge is 2.44. The van der Waals surface area contributed by atoms with E-state index in [0.717, 1.165) is 0 Å². The number of aromatic nitrogens is 3. The number of nitrogens with zero attached hydrogens (tertiary/aromatic N) is 4. The van der Waals surface area contributed by atoms with Gasteiger partial charge in [-0.1, -0.05) is 0 Å². The smallest absolute Gasteiger partial charge is 0.196 e. The van der Waals surface area contributed by atoms with Crippen molar-refractivity contribution in [2.24, 2.45) is 0 Å². The van der Waals surface area contributed by atoms with Crippen LogP contribution in [0.1, 0.15) is 18.5 Å². The van der Waals surface area contributed by atoms with Crippen LogP contribution in [-0.4, -0.2) is 32.4 Å². The Morgan fingerprint density at radius 1 is 1.63 bits per heavy atom. The molecule has 0 aliphatic carbocycles. The maximum absolute atomic E-state index is 9.49. The van der Waals surface area contributed by atoms with E-state index < -0.39 is 5.60 Å². The number of aliphatic hydroxyl groups is 1. The van der Waals surface area contributed by atoms with Crippen LogP contribution < -0.4 is 5.73 Å². The maximum Gasteiger partial charge on any atom is 0.196 e. The maximum atomic E-state index is 9.49. The van der Waals surface area contributed by atoms with Gasteiger partial charge in [0.15, 0.2) is 11.4 Å². The van der Waals surface area contributed by atoms with Crippen LogP contribution in [0, 0.1) is 11.3 Å². The predicted molar refractivity (Wildman–Crippen MR) is 65.9 cm³/mol. The molecule has 3 N–H and O–H groups in total. The second kappa shape index (κ2) is 4.19. The molecule has 1 saturated heterocycles. The number of aliphatic hydroxyl groups excluding tert-OH is 1. The van der Waals surface area contributed by atoms with Crippen molar-refractivity contribution in [2.45, 2.75) is 24.5 Å². The van der Waals surface area contributed by atoms with Crippen molar-refractivity contribution in [3.63, 3.8) is 0 Å². The zero-order valence-electron chi connectivity index (χ0n) is 10.2. The highest BCUT2D eigenvalue weighted by atomic mass is 16.5. The van der Waals surface area contributed by atoms with Crippen molar-refractivity contribution >= 4 is 11.3 Å². The number of rotatable bonds is 2. The van der Waals surface area contributed by atoms with Gasteiger partial charge in [0.25, 0.3) is 0 Å². The lowest BCUT2D eigenvalue weighted by atomic mass is 9.98. The molecule has 3 rings (SSSR count). The number of nitrogens with two attached hydrogens (primary N) is 1. The number of hydrogen-bond acceptors (Lipinski definition) is 6. The third-order valence-electron chi connectivity index (χ3n) is 3.47. The fourth-order valence-corrected chi connectivity index (χ4v) is 2.48. The summed E-state index contributed by atoms with van der Waals surface area (Å²) < 4.78 is 7.28.